The van der Waals surface area contributed by atoms with E-state index in [1.807, 2.05) is 0 Å². The first-order valence-corrected chi connectivity index (χ1v) is 7.63. The van der Waals surface area contributed by atoms with Gasteiger partial charge in [0.05, 0.1) is 7.11 Å². The lowest BCUT2D eigenvalue weighted by Crippen LogP contribution is -2.44. The first-order chi connectivity index (χ1) is 9.06. The summed E-state index contributed by atoms with van der Waals surface area (Å²) in [7, 11) is 1.46. The summed E-state index contributed by atoms with van der Waals surface area (Å²) in [5, 5.41) is 3.29. The minimum Gasteiger partial charge on any atom is -0.468 e. The molecule has 0 spiro atoms. The van der Waals surface area contributed by atoms with Crippen molar-refractivity contribution in [2.24, 2.45) is 5.92 Å². The number of methoxy groups -OCH3 is 1. The van der Waals surface area contributed by atoms with E-state index in [1.54, 1.807) is 0 Å². The standard InChI is InChI=1S/C15H30N2O2/c1-5-13-6-9-17(10-7-13)11-8-14(15(18)19-4)16-12(2)3/h12-14,16H,5-11H2,1-4H3. The van der Waals surface area contributed by atoms with Gasteiger partial charge in [-0.2, -0.15) is 0 Å². The third-order valence-electron chi connectivity index (χ3n) is 4.04. The zero-order valence-corrected chi connectivity index (χ0v) is 12.9. The quantitative estimate of drug-likeness (QED) is 0.719. The number of rotatable bonds is 7. The van der Waals surface area contributed by atoms with Crippen LogP contribution >= 0.6 is 0 Å². The molecule has 1 atom stereocenters. The van der Waals surface area contributed by atoms with E-state index in [4.69, 9.17) is 4.74 Å². The van der Waals surface area contributed by atoms with E-state index in [2.05, 4.69) is 31.0 Å². The van der Waals surface area contributed by atoms with E-state index < -0.39 is 0 Å². The molecule has 4 nitrogen and oxygen atoms in total. The van der Waals surface area contributed by atoms with Crippen LogP contribution in [0.5, 0.6) is 0 Å². The van der Waals surface area contributed by atoms with Crippen LogP contribution in [0.2, 0.25) is 0 Å². The van der Waals surface area contributed by atoms with Gasteiger partial charge in [-0.3, -0.25) is 4.79 Å². The Kier molecular flexibility index (Phi) is 7.39. The van der Waals surface area contributed by atoms with Crippen molar-refractivity contribution < 1.29 is 9.53 Å². The van der Waals surface area contributed by atoms with Crippen LogP contribution in [0.4, 0.5) is 0 Å². The van der Waals surface area contributed by atoms with Crippen LogP contribution in [0, 0.1) is 5.92 Å². The molecule has 1 aliphatic rings. The Bertz CT molecular complexity index is 261. The molecule has 1 aliphatic heterocycles. The lowest BCUT2D eigenvalue weighted by molar-refractivity contribution is -0.143. The third kappa shape index (κ3) is 5.91. The van der Waals surface area contributed by atoms with Crippen LogP contribution in [0.1, 0.15) is 46.5 Å². The lowest BCUT2D eigenvalue weighted by Gasteiger charge is -2.32. The van der Waals surface area contributed by atoms with Crippen molar-refractivity contribution >= 4 is 5.97 Å². The zero-order valence-electron chi connectivity index (χ0n) is 12.9. The van der Waals surface area contributed by atoms with Crippen molar-refractivity contribution in [1.82, 2.24) is 10.2 Å². The molecule has 0 aromatic carbocycles. The molecule has 4 heteroatoms. The van der Waals surface area contributed by atoms with Crippen LogP contribution in [0.3, 0.4) is 0 Å². The van der Waals surface area contributed by atoms with Crippen molar-refractivity contribution in [2.75, 3.05) is 26.7 Å². The number of piperidine rings is 1. The summed E-state index contributed by atoms with van der Waals surface area (Å²) < 4.78 is 4.87. The van der Waals surface area contributed by atoms with E-state index in [-0.39, 0.29) is 12.0 Å². The fraction of sp³-hybridized carbons (Fsp3) is 0.933. The van der Waals surface area contributed by atoms with Gasteiger partial charge in [0.2, 0.25) is 0 Å². The summed E-state index contributed by atoms with van der Waals surface area (Å²) in [6, 6.07) is 0.129. The summed E-state index contributed by atoms with van der Waals surface area (Å²) in [6.45, 7) is 9.73. The molecule has 1 fully saturated rings. The van der Waals surface area contributed by atoms with E-state index in [0.717, 1.165) is 18.9 Å². The number of carbonyl (C=O) groups excluding carboxylic acids is 1. The molecule has 112 valence electrons. The Morgan fingerprint density at radius 3 is 2.47 bits per heavy atom. The van der Waals surface area contributed by atoms with Crippen LogP contribution in [-0.4, -0.2) is 49.7 Å². The predicted octanol–water partition coefficient (Wildman–Crippen LogP) is 2.04. The molecule has 1 heterocycles. The second kappa shape index (κ2) is 8.54. The molecule has 1 unspecified atom stereocenters. The number of esters is 1. The second-order valence-corrected chi connectivity index (χ2v) is 5.88. The van der Waals surface area contributed by atoms with Crippen molar-refractivity contribution in [1.29, 1.82) is 0 Å². The van der Waals surface area contributed by atoms with Gasteiger partial charge in [0.1, 0.15) is 6.04 Å². The fourth-order valence-electron chi connectivity index (χ4n) is 2.74. The number of nitrogens with zero attached hydrogens (tertiary/aromatic N) is 1. The van der Waals surface area contributed by atoms with Gasteiger partial charge < -0.3 is 15.0 Å². The summed E-state index contributed by atoms with van der Waals surface area (Å²) in [5.74, 6) is 0.763. The van der Waals surface area contributed by atoms with Gasteiger partial charge in [-0.05, 0) is 38.3 Å². The van der Waals surface area contributed by atoms with Crippen molar-refractivity contribution in [2.45, 2.75) is 58.5 Å². The number of ether oxygens (including phenoxy) is 1. The molecule has 0 bridgehead atoms. The lowest BCUT2D eigenvalue weighted by atomic mass is 9.94. The van der Waals surface area contributed by atoms with Crippen LogP contribution in [-0.2, 0) is 9.53 Å². The molecule has 0 radical (unpaired) electrons. The highest BCUT2D eigenvalue weighted by molar-refractivity contribution is 5.75. The highest BCUT2D eigenvalue weighted by Gasteiger charge is 2.22. The monoisotopic (exact) mass is 270 g/mol. The number of likely N-dealkylation sites (tertiary alicyclic amines) is 1. The topological polar surface area (TPSA) is 41.6 Å². The molecular formula is C15H30N2O2. The van der Waals surface area contributed by atoms with Crippen molar-refractivity contribution in [3.05, 3.63) is 0 Å². The van der Waals surface area contributed by atoms with Gasteiger partial charge in [0.15, 0.2) is 0 Å². The first-order valence-electron chi connectivity index (χ1n) is 7.63. The summed E-state index contributed by atoms with van der Waals surface area (Å²) in [6.07, 6.45) is 4.74. The van der Waals surface area contributed by atoms with E-state index >= 15 is 0 Å². The Morgan fingerprint density at radius 1 is 1.37 bits per heavy atom. The predicted molar refractivity (Wildman–Crippen MR) is 78.1 cm³/mol. The van der Waals surface area contributed by atoms with Gasteiger partial charge in [0, 0.05) is 12.6 Å². The molecular weight excluding hydrogens is 240 g/mol. The molecule has 0 saturated carbocycles. The average molecular weight is 270 g/mol. The van der Waals surface area contributed by atoms with Gasteiger partial charge in [-0.1, -0.05) is 27.2 Å². The van der Waals surface area contributed by atoms with E-state index in [9.17, 15) is 4.79 Å². The molecule has 1 rings (SSSR count). The Balaban J connectivity index is 2.33. The second-order valence-electron chi connectivity index (χ2n) is 5.88. The number of hydrogen-bond donors (Lipinski definition) is 1. The highest BCUT2D eigenvalue weighted by atomic mass is 16.5. The van der Waals surface area contributed by atoms with Crippen LogP contribution < -0.4 is 5.32 Å². The van der Waals surface area contributed by atoms with Gasteiger partial charge in [-0.15, -0.1) is 0 Å². The molecule has 0 amide bonds. The first kappa shape index (κ1) is 16.4. The third-order valence-corrected chi connectivity index (χ3v) is 4.04. The maximum atomic E-state index is 11.7. The summed E-state index contributed by atoms with van der Waals surface area (Å²) in [4.78, 5) is 14.2. The minimum absolute atomic E-state index is 0.142. The Morgan fingerprint density at radius 2 is 2.00 bits per heavy atom. The summed E-state index contributed by atoms with van der Waals surface area (Å²) in [5.41, 5.74) is 0. The van der Waals surface area contributed by atoms with Crippen LogP contribution in [0.15, 0.2) is 0 Å². The van der Waals surface area contributed by atoms with Gasteiger partial charge >= 0.3 is 5.97 Å². The Hall–Kier alpha value is -0.610. The van der Waals surface area contributed by atoms with Crippen molar-refractivity contribution in [3.63, 3.8) is 0 Å². The largest absolute Gasteiger partial charge is 0.468 e. The van der Waals surface area contributed by atoms with E-state index in [1.165, 1.54) is 39.5 Å². The molecule has 1 saturated heterocycles. The molecule has 0 aliphatic carbocycles. The number of carbonyl (C=O) groups is 1. The van der Waals surface area contributed by atoms with E-state index in [0.29, 0.717) is 6.04 Å². The smallest absolute Gasteiger partial charge is 0.322 e. The maximum absolute atomic E-state index is 11.7. The molecule has 0 aromatic heterocycles. The Labute approximate surface area is 117 Å². The minimum atomic E-state index is -0.172. The fourth-order valence-corrected chi connectivity index (χ4v) is 2.74. The van der Waals surface area contributed by atoms with Gasteiger partial charge in [0.25, 0.3) is 0 Å². The maximum Gasteiger partial charge on any atom is 0.322 e. The van der Waals surface area contributed by atoms with Gasteiger partial charge in [-0.25, -0.2) is 0 Å². The van der Waals surface area contributed by atoms with Crippen molar-refractivity contribution in [3.8, 4) is 0 Å². The number of nitrogens with one attached hydrogen (secondary N) is 1. The van der Waals surface area contributed by atoms with Crippen LogP contribution in [0.25, 0.3) is 0 Å². The normalized spacial score (nSPS) is 19.6. The average Bonchev–Trinajstić information content (AvgIpc) is 2.42. The highest BCUT2D eigenvalue weighted by Crippen LogP contribution is 2.20. The molecule has 1 N–H and O–H groups in total. The zero-order chi connectivity index (χ0) is 14.3. The molecule has 0 aromatic rings. The SMILES string of the molecule is CCC1CCN(CCC(NC(C)C)C(=O)OC)CC1. The molecule has 19 heavy (non-hydrogen) atoms. The number of hydrogen-bond acceptors (Lipinski definition) is 4. The summed E-state index contributed by atoms with van der Waals surface area (Å²) >= 11 is 0.